The van der Waals surface area contributed by atoms with Crippen LogP contribution in [0.3, 0.4) is 0 Å². The summed E-state index contributed by atoms with van der Waals surface area (Å²) in [6, 6.07) is -0.930. The Kier molecular flexibility index (Phi) is 7.61. The zero-order valence-corrected chi connectivity index (χ0v) is 13.9. The lowest BCUT2D eigenvalue weighted by molar-refractivity contribution is -0.152. The number of nitrogens with one attached hydrogen (secondary N) is 1. The molecule has 0 aromatic carbocycles. The molecule has 1 aliphatic rings. The number of amides is 1. The summed E-state index contributed by atoms with van der Waals surface area (Å²) >= 11 is 0. The SMILES string of the molecule is CC(=O)N[C@@H]1C(OCC(C)C)C=C(C(=O)O)O[C@H]1[C@H](O)[C@H](O)CO. The summed E-state index contributed by atoms with van der Waals surface area (Å²) < 4.78 is 10.9. The molecule has 0 saturated heterocycles. The third kappa shape index (κ3) is 5.45. The van der Waals surface area contributed by atoms with Crippen LogP contribution in [0.4, 0.5) is 0 Å². The van der Waals surface area contributed by atoms with E-state index in [1.165, 1.54) is 13.0 Å². The number of carbonyl (C=O) groups is 2. The van der Waals surface area contributed by atoms with E-state index in [1.807, 2.05) is 13.8 Å². The molecule has 1 amide bonds. The lowest BCUT2D eigenvalue weighted by atomic mass is 9.93. The van der Waals surface area contributed by atoms with Gasteiger partial charge in [-0.2, -0.15) is 0 Å². The number of hydrogen-bond donors (Lipinski definition) is 5. The highest BCUT2D eigenvalue weighted by molar-refractivity contribution is 5.84. The van der Waals surface area contributed by atoms with Crippen LogP contribution in [-0.4, -0.2) is 76.0 Å². The molecule has 0 radical (unpaired) electrons. The quantitative estimate of drug-likeness (QED) is 0.361. The number of rotatable bonds is 8. The third-order valence-corrected chi connectivity index (χ3v) is 3.41. The van der Waals surface area contributed by atoms with E-state index in [2.05, 4.69) is 5.32 Å². The minimum Gasteiger partial charge on any atom is -0.478 e. The van der Waals surface area contributed by atoms with Crippen molar-refractivity contribution in [2.45, 2.75) is 51.2 Å². The number of ether oxygens (including phenoxy) is 2. The van der Waals surface area contributed by atoms with Crippen molar-refractivity contribution in [1.82, 2.24) is 5.32 Å². The molecular weight excluding hydrogens is 322 g/mol. The van der Waals surface area contributed by atoms with E-state index in [4.69, 9.17) is 19.7 Å². The second-order valence-corrected chi connectivity index (χ2v) is 6.08. The van der Waals surface area contributed by atoms with E-state index in [1.54, 1.807) is 0 Å². The molecular formula is C15H25NO8. The zero-order chi connectivity index (χ0) is 18.4. The van der Waals surface area contributed by atoms with Crippen molar-refractivity contribution < 1.29 is 39.5 Å². The van der Waals surface area contributed by atoms with Gasteiger partial charge in [0.2, 0.25) is 11.7 Å². The largest absolute Gasteiger partial charge is 0.478 e. The van der Waals surface area contributed by atoms with Crippen LogP contribution in [0.15, 0.2) is 11.8 Å². The monoisotopic (exact) mass is 347 g/mol. The van der Waals surface area contributed by atoms with Crippen LogP contribution < -0.4 is 5.32 Å². The van der Waals surface area contributed by atoms with Crippen LogP contribution >= 0.6 is 0 Å². The molecule has 0 aromatic rings. The Morgan fingerprint density at radius 2 is 2.00 bits per heavy atom. The molecule has 9 heteroatoms. The Morgan fingerprint density at radius 1 is 1.38 bits per heavy atom. The van der Waals surface area contributed by atoms with Gasteiger partial charge in [-0.05, 0) is 12.0 Å². The predicted molar refractivity (Wildman–Crippen MR) is 81.9 cm³/mol. The number of aliphatic hydroxyl groups excluding tert-OH is 3. The summed E-state index contributed by atoms with van der Waals surface area (Å²) in [4.78, 5) is 22.7. The Hall–Kier alpha value is -1.68. The van der Waals surface area contributed by atoms with Crippen molar-refractivity contribution in [3.8, 4) is 0 Å². The Labute approximate surface area is 139 Å². The molecule has 0 aliphatic carbocycles. The summed E-state index contributed by atoms with van der Waals surface area (Å²) in [5.41, 5.74) is 0. The highest BCUT2D eigenvalue weighted by Crippen LogP contribution is 2.25. The zero-order valence-electron chi connectivity index (χ0n) is 13.9. The summed E-state index contributed by atoms with van der Waals surface area (Å²) in [6.07, 6.45) is -4.16. The van der Waals surface area contributed by atoms with Crippen LogP contribution in [0.2, 0.25) is 0 Å². The fourth-order valence-corrected chi connectivity index (χ4v) is 2.28. The lowest BCUT2D eigenvalue weighted by Gasteiger charge is -2.39. The number of carboxylic acids is 1. The minimum atomic E-state index is -1.62. The summed E-state index contributed by atoms with van der Waals surface area (Å²) in [6.45, 7) is 4.58. The minimum absolute atomic E-state index is 0.152. The summed E-state index contributed by atoms with van der Waals surface area (Å²) in [7, 11) is 0. The maximum absolute atomic E-state index is 11.5. The molecule has 1 rings (SSSR count). The van der Waals surface area contributed by atoms with Crippen LogP contribution in [0.25, 0.3) is 0 Å². The Balaban J connectivity index is 3.15. The highest BCUT2D eigenvalue weighted by Gasteiger charge is 2.44. The fraction of sp³-hybridized carbons (Fsp3) is 0.733. The average Bonchev–Trinajstić information content (AvgIpc) is 2.51. The van der Waals surface area contributed by atoms with Crippen LogP contribution in [0, 0.1) is 5.92 Å². The second-order valence-electron chi connectivity index (χ2n) is 6.08. The third-order valence-electron chi connectivity index (χ3n) is 3.41. The van der Waals surface area contributed by atoms with Gasteiger partial charge in [-0.15, -0.1) is 0 Å². The van der Waals surface area contributed by atoms with E-state index < -0.39 is 54.7 Å². The number of hydrogen-bond acceptors (Lipinski definition) is 7. The smallest absolute Gasteiger partial charge is 0.370 e. The molecule has 0 bridgehead atoms. The Morgan fingerprint density at radius 3 is 2.46 bits per heavy atom. The maximum atomic E-state index is 11.5. The van der Waals surface area contributed by atoms with Gasteiger partial charge in [0, 0.05) is 13.5 Å². The standard InChI is InChI=1S/C15H25NO8/c1-7(2)6-23-10-4-11(15(21)22)24-14(12(10)16-8(3)18)13(20)9(19)5-17/h4,7,9-10,12-14,17,19-20H,5-6H2,1-3H3,(H,16,18)(H,21,22)/t9-,10?,12-,13-,14-/m1/s1. The van der Waals surface area contributed by atoms with Gasteiger partial charge in [-0.1, -0.05) is 13.8 Å². The first-order chi connectivity index (χ1) is 11.2. The Bertz CT molecular complexity index is 478. The van der Waals surface area contributed by atoms with Gasteiger partial charge in [0.15, 0.2) is 6.10 Å². The van der Waals surface area contributed by atoms with Gasteiger partial charge in [0.25, 0.3) is 0 Å². The molecule has 1 heterocycles. The van der Waals surface area contributed by atoms with Crippen LogP contribution in [0.5, 0.6) is 0 Å². The normalized spacial score (nSPS) is 26.3. The highest BCUT2D eigenvalue weighted by atomic mass is 16.5. The molecule has 0 aromatic heterocycles. The summed E-state index contributed by atoms with van der Waals surface area (Å²) in [5.74, 6) is -2.12. The van der Waals surface area contributed by atoms with Gasteiger partial charge in [-0.25, -0.2) is 4.79 Å². The number of aliphatic carboxylic acids is 1. The molecule has 5 atom stereocenters. The first kappa shape index (κ1) is 20.4. The van der Waals surface area contributed by atoms with Gasteiger partial charge in [0.05, 0.1) is 12.6 Å². The molecule has 5 N–H and O–H groups in total. The van der Waals surface area contributed by atoms with Gasteiger partial charge < -0.3 is 35.2 Å². The van der Waals surface area contributed by atoms with Crippen molar-refractivity contribution in [2.75, 3.05) is 13.2 Å². The first-order valence-corrected chi connectivity index (χ1v) is 7.64. The molecule has 24 heavy (non-hydrogen) atoms. The van der Waals surface area contributed by atoms with Gasteiger partial charge in [0.1, 0.15) is 18.3 Å². The summed E-state index contributed by atoms with van der Waals surface area (Å²) in [5, 5.41) is 40.5. The second kappa shape index (κ2) is 8.97. The van der Waals surface area contributed by atoms with Crippen molar-refractivity contribution in [1.29, 1.82) is 0 Å². The number of carboxylic acid groups (broad SMARTS) is 1. The number of aliphatic hydroxyl groups is 3. The van der Waals surface area contributed by atoms with Crippen LogP contribution in [-0.2, 0) is 19.1 Å². The van der Waals surface area contributed by atoms with E-state index >= 15 is 0 Å². The molecule has 1 unspecified atom stereocenters. The van der Waals surface area contributed by atoms with Gasteiger partial charge >= 0.3 is 5.97 Å². The molecule has 0 spiro atoms. The van der Waals surface area contributed by atoms with E-state index in [9.17, 15) is 19.8 Å². The predicted octanol–water partition coefficient (Wildman–Crippen LogP) is -1.39. The maximum Gasteiger partial charge on any atom is 0.370 e. The molecule has 1 aliphatic heterocycles. The van der Waals surface area contributed by atoms with Crippen molar-refractivity contribution in [3.63, 3.8) is 0 Å². The lowest BCUT2D eigenvalue weighted by Crippen LogP contribution is -2.60. The van der Waals surface area contributed by atoms with Crippen molar-refractivity contribution >= 4 is 11.9 Å². The molecule has 0 saturated carbocycles. The van der Waals surface area contributed by atoms with Crippen molar-refractivity contribution in [3.05, 3.63) is 11.8 Å². The van der Waals surface area contributed by atoms with Gasteiger partial charge in [-0.3, -0.25) is 4.79 Å². The van der Waals surface area contributed by atoms with E-state index in [0.29, 0.717) is 0 Å². The van der Waals surface area contributed by atoms with E-state index in [-0.39, 0.29) is 12.5 Å². The van der Waals surface area contributed by atoms with E-state index in [0.717, 1.165) is 0 Å². The fourth-order valence-electron chi connectivity index (χ4n) is 2.28. The van der Waals surface area contributed by atoms with Crippen molar-refractivity contribution in [2.24, 2.45) is 5.92 Å². The molecule has 9 nitrogen and oxygen atoms in total. The molecule has 0 fully saturated rings. The average molecular weight is 347 g/mol. The topological polar surface area (TPSA) is 146 Å². The number of carbonyl (C=O) groups excluding carboxylic acids is 1. The van der Waals surface area contributed by atoms with Crippen LogP contribution in [0.1, 0.15) is 20.8 Å². The molecule has 138 valence electrons. The first-order valence-electron chi connectivity index (χ1n) is 7.64.